The molecule has 0 aliphatic heterocycles. The third-order valence-corrected chi connectivity index (χ3v) is 3.77. The van der Waals surface area contributed by atoms with E-state index in [1.165, 1.54) is 11.8 Å². The molecule has 0 radical (unpaired) electrons. The molecule has 0 unspecified atom stereocenters. The Morgan fingerprint density at radius 2 is 2.12 bits per heavy atom. The molecule has 0 aliphatic rings. The predicted molar refractivity (Wildman–Crippen MR) is 74.1 cm³/mol. The lowest BCUT2D eigenvalue weighted by Crippen LogP contribution is -2.05. The second-order valence-electron chi connectivity index (χ2n) is 4.41. The molecule has 92 valence electrons. The zero-order valence-corrected chi connectivity index (χ0v) is 11.4. The molecular weight excluding hydrogens is 233 g/mol. The molecule has 0 aliphatic carbocycles. The van der Waals surface area contributed by atoms with Crippen LogP contribution in [0.25, 0.3) is 10.9 Å². The van der Waals surface area contributed by atoms with Crippen LogP contribution in [0.3, 0.4) is 0 Å². The molecule has 2 aromatic rings. The van der Waals surface area contributed by atoms with Gasteiger partial charge in [0.25, 0.3) is 0 Å². The topological polar surface area (TPSA) is 4.93 Å². The molecule has 0 fully saturated rings. The molecule has 0 N–H and O–H groups in total. The lowest BCUT2D eigenvalue weighted by molar-refractivity contribution is 0.578. The number of para-hydroxylation sites is 1. The Kier molecular flexibility index (Phi) is 3.77. The summed E-state index contributed by atoms with van der Waals surface area (Å²) in [7, 11) is 0. The van der Waals surface area contributed by atoms with Gasteiger partial charge in [0, 0.05) is 22.9 Å². The van der Waals surface area contributed by atoms with Gasteiger partial charge in [-0.3, -0.25) is 0 Å². The van der Waals surface area contributed by atoms with Crippen molar-refractivity contribution in [2.75, 3.05) is 5.75 Å². The van der Waals surface area contributed by atoms with E-state index in [0.29, 0.717) is 0 Å². The van der Waals surface area contributed by atoms with E-state index in [1.807, 2.05) is 17.8 Å². The number of halogens is 1. The number of hydrogen-bond acceptors (Lipinski definition) is 1. The number of thioether (sulfide) groups is 1. The molecule has 0 bridgehead atoms. The lowest BCUT2D eigenvalue weighted by atomic mass is 10.2. The average molecular weight is 251 g/mol. The highest BCUT2D eigenvalue weighted by atomic mass is 32.2. The first-order valence-electron chi connectivity index (χ1n) is 6.01. The van der Waals surface area contributed by atoms with Crippen molar-refractivity contribution in [3.05, 3.63) is 35.8 Å². The minimum atomic E-state index is -0.121. The van der Waals surface area contributed by atoms with E-state index in [9.17, 15) is 4.39 Å². The van der Waals surface area contributed by atoms with Crippen LogP contribution in [0.1, 0.15) is 32.5 Å². The molecule has 1 aromatic carbocycles. The van der Waals surface area contributed by atoms with E-state index >= 15 is 0 Å². The van der Waals surface area contributed by atoms with Gasteiger partial charge in [0.15, 0.2) is 0 Å². The molecule has 0 atom stereocenters. The molecule has 0 spiro atoms. The second-order valence-corrected chi connectivity index (χ2v) is 5.69. The summed E-state index contributed by atoms with van der Waals surface area (Å²) in [6.45, 7) is 6.35. The molecule has 2 rings (SSSR count). The van der Waals surface area contributed by atoms with Crippen LogP contribution in [-0.4, -0.2) is 10.3 Å². The fourth-order valence-electron chi connectivity index (χ4n) is 2.20. The zero-order valence-electron chi connectivity index (χ0n) is 10.5. The molecule has 3 heteroatoms. The highest BCUT2D eigenvalue weighted by molar-refractivity contribution is 7.98. The van der Waals surface area contributed by atoms with Gasteiger partial charge < -0.3 is 4.57 Å². The maximum atomic E-state index is 13.9. The minimum absolute atomic E-state index is 0.121. The Bertz CT molecular complexity index is 516. The van der Waals surface area contributed by atoms with E-state index in [1.54, 1.807) is 6.07 Å². The second kappa shape index (κ2) is 5.13. The molecule has 0 saturated heterocycles. The molecule has 1 heterocycles. The third kappa shape index (κ3) is 2.34. The van der Waals surface area contributed by atoms with E-state index in [-0.39, 0.29) is 11.9 Å². The summed E-state index contributed by atoms with van der Waals surface area (Å²) in [6.07, 6.45) is 0. The van der Waals surface area contributed by atoms with Gasteiger partial charge in [-0.25, -0.2) is 4.39 Å². The van der Waals surface area contributed by atoms with Crippen molar-refractivity contribution in [1.82, 2.24) is 4.57 Å². The van der Waals surface area contributed by atoms with Gasteiger partial charge in [-0.05, 0) is 31.7 Å². The summed E-state index contributed by atoms with van der Waals surface area (Å²) in [6, 6.07) is 7.70. The van der Waals surface area contributed by atoms with Crippen molar-refractivity contribution in [3.63, 3.8) is 0 Å². The van der Waals surface area contributed by atoms with E-state index in [2.05, 4.69) is 31.4 Å². The number of benzene rings is 1. The predicted octanol–water partition coefficient (Wildman–Crippen LogP) is 4.61. The normalized spacial score (nSPS) is 11.6. The Balaban J connectivity index is 2.59. The van der Waals surface area contributed by atoms with Crippen LogP contribution in [-0.2, 0) is 5.75 Å². The van der Waals surface area contributed by atoms with Crippen molar-refractivity contribution in [3.8, 4) is 0 Å². The zero-order chi connectivity index (χ0) is 12.4. The maximum absolute atomic E-state index is 13.9. The average Bonchev–Trinajstić information content (AvgIpc) is 2.66. The van der Waals surface area contributed by atoms with Crippen molar-refractivity contribution in [2.24, 2.45) is 0 Å². The Morgan fingerprint density at radius 1 is 1.35 bits per heavy atom. The van der Waals surface area contributed by atoms with Crippen LogP contribution in [0.15, 0.2) is 24.3 Å². The van der Waals surface area contributed by atoms with Crippen molar-refractivity contribution in [1.29, 1.82) is 0 Å². The van der Waals surface area contributed by atoms with E-state index < -0.39 is 0 Å². The molecule has 0 amide bonds. The monoisotopic (exact) mass is 251 g/mol. The first kappa shape index (κ1) is 12.5. The highest BCUT2D eigenvalue weighted by Gasteiger charge is 2.14. The van der Waals surface area contributed by atoms with E-state index in [0.717, 1.165) is 22.4 Å². The van der Waals surface area contributed by atoms with Crippen LogP contribution in [0.5, 0.6) is 0 Å². The first-order valence-corrected chi connectivity index (χ1v) is 7.16. The molecule has 1 aromatic heterocycles. The number of hydrogen-bond donors (Lipinski definition) is 0. The maximum Gasteiger partial charge on any atom is 0.147 e. The van der Waals surface area contributed by atoms with Crippen LogP contribution in [0.4, 0.5) is 4.39 Å². The summed E-state index contributed by atoms with van der Waals surface area (Å²) in [4.78, 5) is 0. The van der Waals surface area contributed by atoms with Crippen LogP contribution < -0.4 is 0 Å². The highest BCUT2D eigenvalue weighted by Crippen LogP contribution is 2.28. The van der Waals surface area contributed by atoms with E-state index in [4.69, 9.17) is 0 Å². The van der Waals surface area contributed by atoms with Crippen LogP contribution >= 0.6 is 11.8 Å². The Hall–Kier alpha value is -0.960. The molecular formula is C14H18FNS. The smallest absolute Gasteiger partial charge is 0.147 e. The standard InChI is InChI=1S/C14H18FNS/c1-4-17-9-12-8-11-6-5-7-13(15)14(11)16(12)10(2)3/h5-8,10H,4,9H2,1-3H3. The molecule has 0 saturated carbocycles. The summed E-state index contributed by atoms with van der Waals surface area (Å²) in [5.41, 5.74) is 1.96. The van der Waals surface area contributed by atoms with Crippen LogP contribution in [0, 0.1) is 5.82 Å². The quantitative estimate of drug-likeness (QED) is 0.768. The number of fused-ring (bicyclic) bond motifs is 1. The number of nitrogens with zero attached hydrogens (tertiary/aromatic N) is 1. The summed E-state index contributed by atoms with van der Waals surface area (Å²) >= 11 is 1.87. The molecule has 17 heavy (non-hydrogen) atoms. The Labute approximate surface area is 106 Å². The van der Waals surface area contributed by atoms with Gasteiger partial charge in [0.1, 0.15) is 5.82 Å². The Morgan fingerprint density at radius 3 is 2.76 bits per heavy atom. The van der Waals surface area contributed by atoms with Gasteiger partial charge in [0.05, 0.1) is 5.52 Å². The van der Waals surface area contributed by atoms with Gasteiger partial charge >= 0.3 is 0 Å². The summed E-state index contributed by atoms with van der Waals surface area (Å²) < 4.78 is 16.0. The SMILES string of the molecule is CCSCc1cc2cccc(F)c2n1C(C)C. The fourth-order valence-corrected chi connectivity index (χ4v) is 2.84. The largest absolute Gasteiger partial charge is 0.339 e. The third-order valence-electron chi connectivity index (χ3n) is 2.86. The van der Waals surface area contributed by atoms with Gasteiger partial charge in [-0.15, -0.1) is 0 Å². The lowest BCUT2D eigenvalue weighted by Gasteiger charge is -2.14. The molecule has 1 nitrogen and oxygen atoms in total. The van der Waals surface area contributed by atoms with Gasteiger partial charge in [-0.2, -0.15) is 11.8 Å². The van der Waals surface area contributed by atoms with Crippen LogP contribution in [0.2, 0.25) is 0 Å². The van der Waals surface area contributed by atoms with Gasteiger partial charge in [-0.1, -0.05) is 19.1 Å². The first-order chi connectivity index (χ1) is 8.15. The minimum Gasteiger partial charge on any atom is -0.339 e. The van der Waals surface area contributed by atoms with Crippen molar-refractivity contribution in [2.45, 2.75) is 32.6 Å². The number of rotatable bonds is 4. The number of aromatic nitrogens is 1. The summed E-state index contributed by atoms with van der Waals surface area (Å²) in [5.74, 6) is 1.91. The van der Waals surface area contributed by atoms with Crippen molar-refractivity contribution < 1.29 is 4.39 Å². The fraction of sp³-hybridized carbons (Fsp3) is 0.429. The van der Waals surface area contributed by atoms with Crippen molar-refractivity contribution >= 4 is 22.7 Å². The van der Waals surface area contributed by atoms with Gasteiger partial charge in [0.2, 0.25) is 0 Å². The summed E-state index contributed by atoms with van der Waals surface area (Å²) in [5, 5.41) is 1.01.